The van der Waals surface area contributed by atoms with Crippen LogP contribution in [0.5, 0.6) is 0 Å². The van der Waals surface area contributed by atoms with E-state index in [4.69, 9.17) is 4.42 Å². The molecule has 5 rings (SSSR count). The van der Waals surface area contributed by atoms with E-state index in [2.05, 4.69) is 5.32 Å². The Balaban J connectivity index is 1.43. The molecule has 31 heavy (non-hydrogen) atoms. The van der Waals surface area contributed by atoms with Crippen molar-refractivity contribution >= 4 is 34.2 Å². The Morgan fingerprint density at radius 1 is 1.16 bits per heavy atom. The van der Waals surface area contributed by atoms with Crippen LogP contribution in [0.2, 0.25) is 0 Å². The van der Waals surface area contributed by atoms with Crippen molar-refractivity contribution in [1.29, 1.82) is 0 Å². The van der Waals surface area contributed by atoms with Crippen molar-refractivity contribution in [2.45, 2.75) is 44.2 Å². The molecule has 1 N–H and O–H groups in total. The molecule has 2 amide bonds. The number of nitrogens with one attached hydrogen (secondary N) is 1. The van der Waals surface area contributed by atoms with E-state index in [-0.39, 0.29) is 24.4 Å². The van der Waals surface area contributed by atoms with Crippen LogP contribution in [0.3, 0.4) is 0 Å². The second-order valence-electron chi connectivity index (χ2n) is 8.72. The van der Waals surface area contributed by atoms with E-state index in [1.54, 1.807) is 4.90 Å². The van der Waals surface area contributed by atoms with Crippen LogP contribution in [-0.4, -0.2) is 35.8 Å². The van der Waals surface area contributed by atoms with Gasteiger partial charge in [-0.15, -0.1) is 0 Å². The average molecular weight is 418 g/mol. The summed E-state index contributed by atoms with van der Waals surface area (Å²) in [7, 11) is 1.92. The Hall–Kier alpha value is -3.12. The largest absolute Gasteiger partial charge is 0.459 e. The summed E-state index contributed by atoms with van der Waals surface area (Å²) < 4.78 is 6.01. The molecule has 1 fully saturated rings. The summed E-state index contributed by atoms with van der Waals surface area (Å²) in [6.07, 6.45) is 3.29. The van der Waals surface area contributed by atoms with Crippen molar-refractivity contribution < 1.29 is 14.0 Å². The van der Waals surface area contributed by atoms with E-state index in [0.29, 0.717) is 18.5 Å². The molecule has 1 unspecified atom stereocenters. The Morgan fingerprint density at radius 2 is 1.87 bits per heavy atom. The zero-order valence-corrected chi connectivity index (χ0v) is 17.9. The van der Waals surface area contributed by atoms with E-state index in [1.807, 2.05) is 73.5 Å². The van der Waals surface area contributed by atoms with Gasteiger partial charge in [-0.1, -0.05) is 43.2 Å². The molecule has 1 aromatic heterocycles. The number of hydrogen-bond acceptors (Lipinski definition) is 4. The lowest BCUT2D eigenvalue weighted by atomic mass is 9.89. The van der Waals surface area contributed by atoms with Crippen molar-refractivity contribution in [3.05, 3.63) is 60.4 Å². The van der Waals surface area contributed by atoms with Crippen LogP contribution >= 0.6 is 0 Å². The van der Waals surface area contributed by atoms with Crippen molar-refractivity contribution in [2.24, 2.45) is 0 Å². The summed E-state index contributed by atoms with van der Waals surface area (Å²) in [5.74, 6) is 0.698. The van der Waals surface area contributed by atoms with E-state index < -0.39 is 5.54 Å². The van der Waals surface area contributed by atoms with Gasteiger partial charge in [0.05, 0.1) is 24.0 Å². The summed E-state index contributed by atoms with van der Waals surface area (Å²) in [6.45, 7) is 2.23. The first-order valence-corrected chi connectivity index (χ1v) is 10.9. The van der Waals surface area contributed by atoms with Crippen LogP contribution in [0.25, 0.3) is 11.0 Å². The molecular weight excluding hydrogens is 390 g/mol. The fourth-order valence-electron chi connectivity index (χ4n) is 4.98. The number of nitrogens with zero attached hydrogens (tertiary/aromatic N) is 2. The third kappa shape index (κ3) is 3.22. The highest BCUT2D eigenvalue weighted by atomic mass is 16.3. The number of para-hydroxylation sites is 3. The monoisotopic (exact) mass is 417 g/mol. The molecule has 1 spiro atoms. The van der Waals surface area contributed by atoms with Crippen LogP contribution in [0.4, 0.5) is 11.4 Å². The lowest BCUT2D eigenvalue weighted by Crippen LogP contribution is -2.62. The van der Waals surface area contributed by atoms with Gasteiger partial charge in [0.2, 0.25) is 5.91 Å². The highest BCUT2D eigenvalue weighted by molar-refractivity contribution is 6.15. The topological polar surface area (TPSA) is 65.8 Å². The standard InChI is InChI=1S/C25H27N3O3/c1-17(22-15-18-9-3-6-12-21(18)31-22)27(2)16-23(29)28-20-11-5-4-10-19(20)26-24(30)25(28)13-7-8-14-25/h3-6,9-12,15,17H,7-8,13-14,16H2,1-2H3,(H,26,30). The van der Waals surface area contributed by atoms with Gasteiger partial charge >= 0.3 is 0 Å². The van der Waals surface area contributed by atoms with Gasteiger partial charge in [-0.2, -0.15) is 0 Å². The molecule has 1 saturated carbocycles. The smallest absolute Gasteiger partial charge is 0.250 e. The minimum Gasteiger partial charge on any atom is -0.459 e. The van der Waals surface area contributed by atoms with Crippen LogP contribution in [0.1, 0.15) is 44.4 Å². The van der Waals surface area contributed by atoms with Crippen LogP contribution in [-0.2, 0) is 9.59 Å². The van der Waals surface area contributed by atoms with Crippen LogP contribution in [0, 0.1) is 0 Å². The number of likely N-dealkylation sites (N-methyl/N-ethyl adjacent to an activating group) is 1. The molecule has 6 heteroatoms. The number of anilines is 2. The maximum Gasteiger partial charge on any atom is 0.250 e. The average Bonchev–Trinajstić information content (AvgIpc) is 3.42. The highest BCUT2D eigenvalue weighted by Gasteiger charge is 2.52. The molecule has 1 aliphatic heterocycles. The molecule has 6 nitrogen and oxygen atoms in total. The second kappa shape index (κ2) is 7.54. The number of hydrogen-bond donors (Lipinski definition) is 1. The molecule has 0 radical (unpaired) electrons. The first kappa shape index (κ1) is 19.8. The van der Waals surface area contributed by atoms with E-state index >= 15 is 0 Å². The third-order valence-corrected chi connectivity index (χ3v) is 6.83. The molecule has 2 aromatic carbocycles. The molecular formula is C25H27N3O3. The summed E-state index contributed by atoms with van der Waals surface area (Å²) in [5.41, 5.74) is 1.55. The molecule has 160 valence electrons. The third-order valence-electron chi connectivity index (χ3n) is 6.83. The first-order valence-electron chi connectivity index (χ1n) is 10.9. The highest BCUT2D eigenvalue weighted by Crippen LogP contribution is 2.45. The Bertz CT molecular complexity index is 1110. The minimum absolute atomic E-state index is 0.0605. The molecule has 0 bridgehead atoms. The zero-order chi connectivity index (χ0) is 21.6. The minimum atomic E-state index is -0.783. The molecule has 1 atom stereocenters. The summed E-state index contributed by atoms with van der Waals surface area (Å²) >= 11 is 0. The fourth-order valence-corrected chi connectivity index (χ4v) is 4.98. The van der Waals surface area contributed by atoms with E-state index in [9.17, 15) is 9.59 Å². The van der Waals surface area contributed by atoms with Crippen molar-refractivity contribution in [3.63, 3.8) is 0 Å². The summed E-state index contributed by atoms with van der Waals surface area (Å²) in [5, 5.41) is 4.08. The summed E-state index contributed by atoms with van der Waals surface area (Å²) in [4.78, 5) is 30.5. The Labute approximate surface area is 181 Å². The number of benzene rings is 2. The maximum absolute atomic E-state index is 13.7. The molecule has 0 saturated heterocycles. The lowest BCUT2D eigenvalue weighted by Gasteiger charge is -2.45. The quantitative estimate of drug-likeness (QED) is 0.667. The second-order valence-corrected chi connectivity index (χ2v) is 8.72. The van der Waals surface area contributed by atoms with Gasteiger partial charge in [-0.05, 0) is 51.1 Å². The van der Waals surface area contributed by atoms with Gasteiger partial charge in [0.25, 0.3) is 5.91 Å². The maximum atomic E-state index is 13.7. The molecule has 2 aliphatic rings. The van der Waals surface area contributed by atoms with Gasteiger partial charge in [0.1, 0.15) is 16.9 Å². The first-order chi connectivity index (χ1) is 15.0. The predicted molar refractivity (Wildman–Crippen MR) is 121 cm³/mol. The van der Waals surface area contributed by atoms with Crippen LogP contribution < -0.4 is 10.2 Å². The Morgan fingerprint density at radius 3 is 2.65 bits per heavy atom. The zero-order valence-electron chi connectivity index (χ0n) is 17.9. The number of furan rings is 1. The Kier molecular flexibility index (Phi) is 4.82. The van der Waals surface area contributed by atoms with E-state index in [1.165, 1.54) is 0 Å². The van der Waals surface area contributed by atoms with Crippen molar-refractivity contribution in [1.82, 2.24) is 4.90 Å². The number of amides is 2. The fraction of sp³-hybridized carbons (Fsp3) is 0.360. The van der Waals surface area contributed by atoms with E-state index in [0.717, 1.165) is 35.3 Å². The van der Waals surface area contributed by atoms with Gasteiger partial charge in [0.15, 0.2) is 0 Å². The molecule has 1 aliphatic carbocycles. The number of carbonyl (C=O) groups is 2. The number of rotatable bonds is 4. The SMILES string of the molecule is CC(c1cc2ccccc2o1)N(C)CC(=O)N1c2ccccc2NC(=O)C12CCCC2. The number of carbonyl (C=O) groups excluding carboxylic acids is 2. The summed E-state index contributed by atoms with van der Waals surface area (Å²) in [6, 6.07) is 17.4. The van der Waals surface area contributed by atoms with Crippen molar-refractivity contribution in [2.75, 3.05) is 23.8 Å². The van der Waals surface area contributed by atoms with Crippen LogP contribution in [0.15, 0.2) is 59.0 Å². The predicted octanol–water partition coefficient (Wildman–Crippen LogP) is 4.72. The molecule has 3 aromatic rings. The van der Waals surface area contributed by atoms with Gasteiger partial charge in [-0.3, -0.25) is 19.4 Å². The van der Waals surface area contributed by atoms with Gasteiger partial charge in [0, 0.05) is 5.39 Å². The number of fused-ring (bicyclic) bond motifs is 2. The lowest BCUT2D eigenvalue weighted by molar-refractivity contribution is -0.128. The van der Waals surface area contributed by atoms with Crippen molar-refractivity contribution in [3.8, 4) is 0 Å². The van der Waals surface area contributed by atoms with Gasteiger partial charge in [-0.25, -0.2) is 0 Å². The van der Waals surface area contributed by atoms with Gasteiger partial charge < -0.3 is 9.73 Å². The molecule has 2 heterocycles. The normalized spacial score (nSPS) is 18.4.